The van der Waals surface area contributed by atoms with E-state index in [-0.39, 0.29) is 24.8 Å². The van der Waals surface area contributed by atoms with Crippen molar-refractivity contribution in [1.29, 1.82) is 0 Å². The number of carbonyl (C=O) groups is 3. The summed E-state index contributed by atoms with van der Waals surface area (Å²) in [6, 6.07) is 4.09. The molecule has 1 aromatic heterocycles. The summed E-state index contributed by atoms with van der Waals surface area (Å²) in [4.78, 5) is 36.4. The number of para-hydroxylation sites is 1. The summed E-state index contributed by atoms with van der Waals surface area (Å²) in [5.74, 6) is -1.94. The zero-order valence-corrected chi connectivity index (χ0v) is 14.9. The molecule has 2 aromatic rings. The normalized spacial score (nSPS) is 12.0. The Balaban J connectivity index is 2.38. The monoisotopic (exact) mass is 366 g/mol. The van der Waals surface area contributed by atoms with Gasteiger partial charge in [0.05, 0.1) is 5.02 Å². The average molecular weight is 367 g/mol. The number of nitrogens with one attached hydrogen (secondary N) is 1. The highest BCUT2D eigenvalue weighted by Gasteiger charge is 2.30. The molecule has 7 nitrogen and oxygen atoms in total. The van der Waals surface area contributed by atoms with Crippen LogP contribution in [0.25, 0.3) is 11.0 Å². The lowest BCUT2D eigenvalue weighted by Crippen LogP contribution is -2.46. The second-order valence-corrected chi connectivity index (χ2v) is 6.08. The topological polar surface area (TPSA) is 99.9 Å². The van der Waals surface area contributed by atoms with E-state index in [1.165, 1.54) is 13.8 Å². The summed E-state index contributed by atoms with van der Waals surface area (Å²) in [6.45, 7) is 4.64. The molecule has 1 atom stereocenters. The van der Waals surface area contributed by atoms with E-state index < -0.39 is 17.9 Å². The van der Waals surface area contributed by atoms with E-state index in [1.807, 2.05) is 0 Å². The lowest BCUT2D eigenvalue weighted by Gasteiger charge is -2.26. The van der Waals surface area contributed by atoms with Crippen molar-refractivity contribution < 1.29 is 23.9 Å². The van der Waals surface area contributed by atoms with Crippen molar-refractivity contribution in [2.45, 2.75) is 26.8 Å². The first-order chi connectivity index (χ1) is 11.7. The average Bonchev–Trinajstić information content (AvgIpc) is 2.89. The van der Waals surface area contributed by atoms with Crippen molar-refractivity contribution >= 4 is 40.4 Å². The molecule has 0 fully saturated rings. The number of amides is 2. The predicted octanol–water partition coefficient (Wildman–Crippen LogP) is 2.45. The van der Waals surface area contributed by atoms with Crippen molar-refractivity contribution in [1.82, 2.24) is 10.2 Å². The lowest BCUT2D eigenvalue weighted by atomic mass is 10.1. The summed E-state index contributed by atoms with van der Waals surface area (Å²) in [5.41, 5.74) is 0.972. The molecule has 1 aromatic carbocycles. The molecule has 0 aliphatic carbocycles. The van der Waals surface area contributed by atoms with Gasteiger partial charge in [0, 0.05) is 31.0 Å². The molecule has 0 aliphatic heterocycles. The van der Waals surface area contributed by atoms with Crippen molar-refractivity contribution in [2.24, 2.45) is 0 Å². The third kappa shape index (κ3) is 3.93. The molecule has 0 spiro atoms. The fourth-order valence-electron chi connectivity index (χ4n) is 2.50. The number of furan rings is 1. The van der Waals surface area contributed by atoms with E-state index in [0.717, 1.165) is 4.90 Å². The standard InChI is InChI=1S/C17H19ClN2O5/c1-9-12-5-4-6-13(18)15(12)25-14(9)16(22)20(10(2)17(23)24)8-7-19-11(3)21/h4-6,10H,7-8H2,1-3H3,(H,19,21)(H,23,24). The molecule has 2 N–H and O–H groups in total. The first-order valence-corrected chi connectivity index (χ1v) is 8.07. The van der Waals surface area contributed by atoms with E-state index in [2.05, 4.69) is 5.32 Å². The van der Waals surface area contributed by atoms with E-state index in [0.29, 0.717) is 21.6 Å². The second-order valence-electron chi connectivity index (χ2n) is 5.67. The van der Waals surface area contributed by atoms with Crippen LogP contribution in [0.5, 0.6) is 0 Å². The van der Waals surface area contributed by atoms with Crippen LogP contribution in [0.1, 0.15) is 30.0 Å². The molecule has 8 heteroatoms. The maximum absolute atomic E-state index is 12.9. The summed E-state index contributed by atoms with van der Waals surface area (Å²) < 4.78 is 5.63. The number of aryl methyl sites for hydroxylation is 1. The minimum Gasteiger partial charge on any atom is -0.480 e. The number of halogens is 1. The van der Waals surface area contributed by atoms with E-state index in [4.69, 9.17) is 16.0 Å². The smallest absolute Gasteiger partial charge is 0.326 e. The molecular formula is C17H19ClN2O5. The summed E-state index contributed by atoms with van der Waals surface area (Å²) in [5, 5.41) is 12.9. The van der Waals surface area contributed by atoms with Gasteiger partial charge in [0.2, 0.25) is 5.91 Å². The first kappa shape index (κ1) is 18.8. The molecule has 2 amide bonds. The highest BCUT2D eigenvalue weighted by molar-refractivity contribution is 6.35. The number of carbonyl (C=O) groups excluding carboxylic acids is 2. The number of hydrogen-bond donors (Lipinski definition) is 2. The Morgan fingerprint density at radius 1 is 1.36 bits per heavy atom. The largest absolute Gasteiger partial charge is 0.480 e. The first-order valence-electron chi connectivity index (χ1n) is 7.69. The molecule has 0 saturated carbocycles. The van der Waals surface area contributed by atoms with Crippen molar-refractivity contribution in [3.8, 4) is 0 Å². The van der Waals surface area contributed by atoms with E-state index >= 15 is 0 Å². The lowest BCUT2D eigenvalue weighted by molar-refractivity contribution is -0.141. The SMILES string of the molecule is CC(=O)NCCN(C(=O)c1oc2c(Cl)cccc2c1C)C(C)C(=O)O. The van der Waals surface area contributed by atoms with Crippen molar-refractivity contribution in [3.63, 3.8) is 0 Å². The quantitative estimate of drug-likeness (QED) is 0.817. The fourth-order valence-corrected chi connectivity index (χ4v) is 2.71. The Kier molecular flexibility index (Phi) is 5.69. The Hall–Kier alpha value is -2.54. The maximum atomic E-state index is 12.9. The van der Waals surface area contributed by atoms with Crippen LogP contribution in [-0.4, -0.2) is 46.9 Å². The van der Waals surface area contributed by atoms with Crippen molar-refractivity contribution in [3.05, 3.63) is 34.5 Å². The molecule has 2 rings (SSSR count). The number of carboxylic acid groups (broad SMARTS) is 1. The predicted molar refractivity (Wildman–Crippen MR) is 92.8 cm³/mol. The molecule has 1 heterocycles. The molecule has 0 aliphatic rings. The van der Waals surface area contributed by atoms with Gasteiger partial charge in [0.25, 0.3) is 5.91 Å². The third-order valence-corrected chi connectivity index (χ3v) is 4.22. The van der Waals surface area contributed by atoms with Crippen LogP contribution in [0, 0.1) is 6.92 Å². The number of nitrogens with zero attached hydrogens (tertiary/aromatic N) is 1. The van der Waals surface area contributed by atoms with Crippen LogP contribution in [0.2, 0.25) is 5.02 Å². The van der Waals surface area contributed by atoms with Gasteiger partial charge in [-0.2, -0.15) is 0 Å². The van der Waals surface area contributed by atoms with Gasteiger partial charge >= 0.3 is 5.97 Å². The Morgan fingerprint density at radius 2 is 2.04 bits per heavy atom. The molecule has 0 bridgehead atoms. The fraction of sp³-hybridized carbons (Fsp3) is 0.353. The van der Waals surface area contributed by atoms with Crippen LogP contribution < -0.4 is 5.32 Å². The maximum Gasteiger partial charge on any atom is 0.326 e. The minimum absolute atomic E-state index is 0.0378. The zero-order valence-electron chi connectivity index (χ0n) is 14.1. The van der Waals surface area contributed by atoms with Gasteiger partial charge in [-0.3, -0.25) is 9.59 Å². The molecule has 0 radical (unpaired) electrons. The highest BCUT2D eigenvalue weighted by atomic mass is 35.5. The zero-order chi connectivity index (χ0) is 18.7. The molecule has 1 unspecified atom stereocenters. The number of benzene rings is 1. The number of hydrogen-bond acceptors (Lipinski definition) is 4. The highest BCUT2D eigenvalue weighted by Crippen LogP contribution is 2.31. The van der Waals surface area contributed by atoms with Gasteiger partial charge in [0.1, 0.15) is 6.04 Å². The van der Waals surface area contributed by atoms with Gasteiger partial charge < -0.3 is 19.7 Å². The molecule has 134 valence electrons. The molecular weight excluding hydrogens is 348 g/mol. The van der Waals surface area contributed by atoms with Crippen LogP contribution in [-0.2, 0) is 9.59 Å². The summed E-state index contributed by atoms with van der Waals surface area (Å²) in [6.07, 6.45) is 0. The Labute approximate surface area is 149 Å². The van der Waals surface area contributed by atoms with Crippen LogP contribution >= 0.6 is 11.6 Å². The second kappa shape index (κ2) is 7.57. The van der Waals surface area contributed by atoms with Crippen LogP contribution in [0.3, 0.4) is 0 Å². The van der Waals surface area contributed by atoms with Gasteiger partial charge in [-0.05, 0) is 19.9 Å². The molecule has 25 heavy (non-hydrogen) atoms. The van der Waals surface area contributed by atoms with Gasteiger partial charge in [0.15, 0.2) is 11.3 Å². The van der Waals surface area contributed by atoms with E-state index in [1.54, 1.807) is 25.1 Å². The number of carboxylic acids is 1. The number of aliphatic carboxylic acids is 1. The van der Waals surface area contributed by atoms with Crippen LogP contribution in [0.4, 0.5) is 0 Å². The summed E-state index contributed by atoms with van der Waals surface area (Å²) in [7, 11) is 0. The van der Waals surface area contributed by atoms with Gasteiger partial charge in [-0.1, -0.05) is 23.7 Å². The molecule has 0 saturated heterocycles. The Bertz CT molecular complexity index is 830. The third-order valence-electron chi connectivity index (χ3n) is 3.92. The van der Waals surface area contributed by atoms with Crippen molar-refractivity contribution in [2.75, 3.05) is 13.1 Å². The van der Waals surface area contributed by atoms with Crippen LogP contribution in [0.15, 0.2) is 22.6 Å². The minimum atomic E-state index is -1.15. The summed E-state index contributed by atoms with van der Waals surface area (Å²) >= 11 is 6.10. The van der Waals surface area contributed by atoms with Gasteiger partial charge in [-0.15, -0.1) is 0 Å². The Morgan fingerprint density at radius 3 is 2.60 bits per heavy atom. The van der Waals surface area contributed by atoms with Gasteiger partial charge in [-0.25, -0.2) is 4.79 Å². The number of rotatable bonds is 6. The number of fused-ring (bicyclic) bond motifs is 1. The van der Waals surface area contributed by atoms with E-state index in [9.17, 15) is 19.5 Å².